The molecule has 0 radical (unpaired) electrons. The van der Waals surface area contributed by atoms with Gasteiger partial charge in [-0.1, -0.05) is 42.5 Å². The number of benzene rings is 3. The standard InChI is InChI=1S/C21H17N3S/c1-2-6-16(7-3-1)14-25-18-12-10-17(11-13-18)24-21-19-8-4-5-9-20(19)22-15-23-21/h1-13,15H,14H2,(H,22,23,24). The van der Waals surface area contributed by atoms with Crippen LogP contribution in [0.25, 0.3) is 10.9 Å². The molecular formula is C21H17N3S. The number of aromatic nitrogens is 2. The van der Waals surface area contributed by atoms with Crippen LogP contribution in [0.3, 0.4) is 0 Å². The second kappa shape index (κ2) is 7.36. The average molecular weight is 343 g/mol. The maximum Gasteiger partial charge on any atom is 0.141 e. The van der Waals surface area contributed by atoms with Crippen LogP contribution in [0.2, 0.25) is 0 Å². The smallest absolute Gasteiger partial charge is 0.141 e. The van der Waals surface area contributed by atoms with Crippen LogP contribution in [0.4, 0.5) is 11.5 Å². The number of thioether (sulfide) groups is 1. The fourth-order valence-corrected chi connectivity index (χ4v) is 3.47. The van der Waals surface area contributed by atoms with E-state index in [4.69, 9.17) is 0 Å². The molecule has 0 unspecified atom stereocenters. The topological polar surface area (TPSA) is 37.8 Å². The van der Waals surface area contributed by atoms with E-state index >= 15 is 0 Å². The van der Waals surface area contributed by atoms with Gasteiger partial charge in [-0.2, -0.15) is 0 Å². The Kier molecular flexibility index (Phi) is 4.61. The highest BCUT2D eigenvalue weighted by Gasteiger charge is 2.03. The molecule has 0 aliphatic carbocycles. The van der Waals surface area contributed by atoms with Gasteiger partial charge in [-0.3, -0.25) is 0 Å². The molecular weight excluding hydrogens is 326 g/mol. The third-order valence-corrected chi connectivity index (χ3v) is 4.99. The van der Waals surface area contributed by atoms with E-state index in [0.29, 0.717) is 0 Å². The van der Waals surface area contributed by atoms with E-state index in [1.54, 1.807) is 6.33 Å². The second-order valence-corrected chi connectivity index (χ2v) is 6.71. The van der Waals surface area contributed by atoms with Gasteiger partial charge in [0.15, 0.2) is 0 Å². The van der Waals surface area contributed by atoms with Crippen molar-refractivity contribution >= 4 is 34.2 Å². The Balaban J connectivity index is 1.47. The summed E-state index contributed by atoms with van der Waals surface area (Å²) in [5, 5.41) is 4.41. The predicted molar refractivity (Wildman–Crippen MR) is 105 cm³/mol. The van der Waals surface area contributed by atoms with Crippen molar-refractivity contribution < 1.29 is 0 Å². The number of anilines is 2. The summed E-state index contributed by atoms with van der Waals surface area (Å²) in [6.07, 6.45) is 1.59. The van der Waals surface area contributed by atoms with Gasteiger partial charge in [0.1, 0.15) is 12.1 Å². The van der Waals surface area contributed by atoms with E-state index in [-0.39, 0.29) is 0 Å². The summed E-state index contributed by atoms with van der Waals surface area (Å²) in [4.78, 5) is 9.92. The van der Waals surface area contributed by atoms with Crippen molar-refractivity contribution in [1.82, 2.24) is 9.97 Å². The van der Waals surface area contributed by atoms with Crippen LogP contribution in [0, 0.1) is 0 Å². The molecule has 0 fully saturated rings. The Hall–Kier alpha value is -2.85. The second-order valence-electron chi connectivity index (χ2n) is 5.66. The molecule has 1 aromatic heterocycles. The molecule has 0 spiro atoms. The minimum Gasteiger partial charge on any atom is -0.340 e. The zero-order valence-electron chi connectivity index (χ0n) is 13.6. The van der Waals surface area contributed by atoms with E-state index in [0.717, 1.165) is 28.2 Å². The highest BCUT2D eigenvalue weighted by atomic mass is 32.2. The summed E-state index contributed by atoms with van der Waals surface area (Å²) in [7, 11) is 0. The van der Waals surface area contributed by atoms with Gasteiger partial charge in [-0.15, -0.1) is 11.8 Å². The lowest BCUT2D eigenvalue weighted by atomic mass is 10.2. The van der Waals surface area contributed by atoms with Gasteiger partial charge in [0.2, 0.25) is 0 Å². The molecule has 0 aliphatic rings. The van der Waals surface area contributed by atoms with E-state index in [2.05, 4.69) is 63.8 Å². The molecule has 1 N–H and O–H groups in total. The van der Waals surface area contributed by atoms with Crippen LogP contribution in [0.15, 0.2) is 90.1 Å². The fourth-order valence-electron chi connectivity index (χ4n) is 2.62. The van der Waals surface area contributed by atoms with Gasteiger partial charge in [0.25, 0.3) is 0 Å². The minimum atomic E-state index is 0.829. The predicted octanol–water partition coefficient (Wildman–Crippen LogP) is 5.67. The highest BCUT2D eigenvalue weighted by molar-refractivity contribution is 7.98. The molecule has 4 heteroatoms. The third kappa shape index (κ3) is 3.80. The normalized spacial score (nSPS) is 10.7. The molecule has 0 bridgehead atoms. The molecule has 0 amide bonds. The van der Waals surface area contributed by atoms with Gasteiger partial charge in [-0.25, -0.2) is 9.97 Å². The van der Waals surface area contributed by atoms with E-state index in [1.807, 2.05) is 42.1 Å². The SMILES string of the molecule is c1ccc(CSc2ccc(Nc3ncnc4ccccc34)cc2)cc1. The van der Waals surface area contributed by atoms with Gasteiger partial charge in [-0.05, 0) is 42.0 Å². The van der Waals surface area contributed by atoms with Crippen LogP contribution >= 0.6 is 11.8 Å². The monoisotopic (exact) mass is 343 g/mol. The van der Waals surface area contributed by atoms with Crippen molar-refractivity contribution in [3.05, 3.63) is 90.8 Å². The molecule has 122 valence electrons. The summed E-state index contributed by atoms with van der Waals surface area (Å²) in [5.74, 6) is 1.81. The molecule has 0 atom stereocenters. The van der Waals surface area contributed by atoms with Crippen molar-refractivity contribution in [1.29, 1.82) is 0 Å². The molecule has 0 saturated heterocycles. The number of nitrogens with one attached hydrogen (secondary N) is 1. The van der Waals surface area contributed by atoms with Gasteiger partial charge in [0, 0.05) is 21.7 Å². The molecule has 0 saturated carbocycles. The van der Waals surface area contributed by atoms with Gasteiger partial charge < -0.3 is 5.32 Å². The lowest BCUT2D eigenvalue weighted by molar-refractivity contribution is 1.22. The largest absolute Gasteiger partial charge is 0.340 e. The van der Waals surface area contributed by atoms with Crippen LogP contribution < -0.4 is 5.32 Å². The summed E-state index contributed by atoms with van der Waals surface area (Å²) in [5.41, 5.74) is 3.30. The zero-order chi connectivity index (χ0) is 16.9. The molecule has 4 rings (SSSR count). The van der Waals surface area contributed by atoms with E-state index in [1.165, 1.54) is 10.5 Å². The Bertz CT molecular complexity index is 964. The summed E-state index contributed by atoms with van der Waals surface area (Å²) in [6.45, 7) is 0. The van der Waals surface area contributed by atoms with Gasteiger partial charge >= 0.3 is 0 Å². The van der Waals surface area contributed by atoms with E-state index < -0.39 is 0 Å². The number of nitrogens with zero attached hydrogens (tertiary/aromatic N) is 2. The third-order valence-electron chi connectivity index (χ3n) is 3.91. The van der Waals surface area contributed by atoms with Crippen molar-refractivity contribution in [3.63, 3.8) is 0 Å². The summed E-state index contributed by atoms with van der Waals surface area (Å²) in [6, 6.07) is 27.0. The van der Waals surface area contributed by atoms with Crippen molar-refractivity contribution in [2.75, 3.05) is 5.32 Å². The molecule has 3 nitrogen and oxygen atoms in total. The lowest BCUT2D eigenvalue weighted by Gasteiger charge is -2.09. The van der Waals surface area contributed by atoms with Crippen molar-refractivity contribution in [3.8, 4) is 0 Å². The van der Waals surface area contributed by atoms with Crippen molar-refractivity contribution in [2.45, 2.75) is 10.6 Å². The molecule has 3 aromatic carbocycles. The van der Waals surface area contributed by atoms with Crippen LogP contribution in [0.5, 0.6) is 0 Å². The van der Waals surface area contributed by atoms with Crippen LogP contribution in [0.1, 0.15) is 5.56 Å². The quantitative estimate of drug-likeness (QED) is 0.474. The Morgan fingerprint density at radius 2 is 1.52 bits per heavy atom. The lowest BCUT2D eigenvalue weighted by Crippen LogP contribution is -1.95. The molecule has 0 aliphatic heterocycles. The van der Waals surface area contributed by atoms with Crippen LogP contribution in [-0.2, 0) is 5.75 Å². The first-order valence-electron chi connectivity index (χ1n) is 8.12. The number of hydrogen-bond donors (Lipinski definition) is 1. The first-order valence-corrected chi connectivity index (χ1v) is 9.10. The minimum absolute atomic E-state index is 0.829. The first kappa shape index (κ1) is 15.7. The van der Waals surface area contributed by atoms with Crippen molar-refractivity contribution in [2.24, 2.45) is 0 Å². The Morgan fingerprint density at radius 1 is 0.760 bits per heavy atom. The number of hydrogen-bond acceptors (Lipinski definition) is 4. The highest BCUT2D eigenvalue weighted by Crippen LogP contribution is 2.26. The zero-order valence-corrected chi connectivity index (χ0v) is 14.4. The number of para-hydroxylation sites is 1. The molecule has 25 heavy (non-hydrogen) atoms. The van der Waals surface area contributed by atoms with Gasteiger partial charge in [0.05, 0.1) is 5.52 Å². The maximum absolute atomic E-state index is 4.37. The number of rotatable bonds is 5. The first-order chi connectivity index (χ1) is 12.4. The van der Waals surface area contributed by atoms with Crippen LogP contribution in [-0.4, -0.2) is 9.97 Å². The Morgan fingerprint density at radius 3 is 2.36 bits per heavy atom. The maximum atomic E-state index is 4.37. The Labute approximate surface area is 151 Å². The molecule has 4 aromatic rings. The summed E-state index contributed by atoms with van der Waals surface area (Å²) >= 11 is 1.84. The number of fused-ring (bicyclic) bond motifs is 1. The molecule has 1 heterocycles. The summed E-state index contributed by atoms with van der Waals surface area (Å²) < 4.78 is 0. The van der Waals surface area contributed by atoms with E-state index in [9.17, 15) is 0 Å². The fraction of sp³-hybridized carbons (Fsp3) is 0.0476. The average Bonchev–Trinajstić information content (AvgIpc) is 2.69.